The Labute approximate surface area is 71.6 Å². The molecule has 60 valence electrons. The number of hydrogen-bond acceptors (Lipinski definition) is 3. The minimum atomic E-state index is -2.99. The molecule has 0 amide bonds. The SMILES string of the molecule is CC=C(S)CCS(=O)(O)=S. The maximum absolute atomic E-state index is 10.5. The molecule has 0 rings (SSSR count). The van der Waals surface area contributed by atoms with Crippen LogP contribution in [0.5, 0.6) is 0 Å². The molecule has 1 N–H and O–H groups in total. The van der Waals surface area contributed by atoms with Crippen LogP contribution in [0.1, 0.15) is 13.3 Å². The lowest BCUT2D eigenvalue weighted by Gasteiger charge is -1.97. The zero-order valence-electron chi connectivity index (χ0n) is 5.61. The Morgan fingerprint density at radius 3 is 2.70 bits per heavy atom. The number of hydrogen-bond donors (Lipinski definition) is 2. The zero-order valence-corrected chi connectivity index (χ0v) is 8.14. The van der Waals surface area contributed by atoms with Crippen LogP contribution >= 0.6 is 12.6 Å². The van der Waals surface area contributed by atoms with Gasteiger partial charge >= 0.3 is 0 Å². The molecule has 2 nitrogen and oxygen atoms in total. The van der Waals surface area contributed by atoms with Gasteiger partial charge in [0.15, 0.2) is 0 Å². The van der Waals surface area contributed by atoms with Crippen LogP contribution in [0.2, 0.25) is 0 Å². The molecule has 1 unspecified atom stereocenters. The van der Waals surface area contributed by atoms with E-state index in [1.807, 2.05) is 6.92 Å². The number of thiol groups is 1. The second-order valence-corrected chi connectivity index (χ2v) is 5.53. The van der Waals surface area contributed by atoms with E-state index in [1.54, 1.807) is 6.08 Å². The van der Waals surface area contributed by atoms with Crippen LogP contribution in [0.4, 0.5) is 0 Å². The van der Waals surface area contributed by atoms with Crippen molar-refractivity contribution in [3.8, 4) is 0 Å². The van der Waals surface area contributed by atoms with Crippen molar-refractivity contribution in [2.24, 2.45) is 0 Å². The van der Waals surface area contributed by atoms with E-state index in [0.29, 0.717) is 6.42 Å². The summed E-state index contributed by atoms with van der Waals surface area (Å²) in [4.78, 5) is 0.798. The summed E-state index contributed by atoms with van der Waals surface area (Å²) in [6, 6.07) is 0. The molecule has 0 aromatic carbocycles. The summed E-state index contributed by atoms with van der Waals surface area (Å²) in [7, 11) is -2.99. The first-order valence-electron chi connectivity index (χ1n) is 2.75. The van der Waals surface area contributed by atoms with Gasteiger partial charge < -0.3 is 4.55 Å². The summed E-state index contributed by atoms with van der Waals surface area (Å²) in [6.07, 6.45) is 2.27. The van der Waals surface area contributed by atoms with Crippen molar-refractivity contribution in [3.05, 3.63) is 11.0 Å². The smallest absolute Gasteiger partial charge is 0.141 e. The van der Waals surface area contributed by atoms with E-state index in [4.69, 9.17) is 4.55 Å². The fourth-order valence-corrected chi connectivity index (χ4v) is 1.37. The number of rotatable bonds is 3. The molecule has 0 radical (unpaired) electrons. The highest BCUT2D eigenvalue weighted by Gasteiger charge is 1.99. The van der Waals surface area contributed by atoms with E-state index in [-0.39, 0.29) is 5.75 Å². The maximum atomic E-state index is 10.5. The largest absolute Gasteiger partial charge is 0.306 e. The Balaban J connectivity index is 3.79. The van der Waals surface area contributed by atoms with E-state index in [2.05, 4.69) is 23.8 Å². The third-order valence-corrected chi connectivity index (χ3v) is 2.65. The first kappa shape index (κ1) is 10.4. The van der Waals surface area contributed by atoms with Crippen molar-refractivity contribution < 1.29 is 8.76 Å². The van der Waals surface area contributed by atoms with Crippen molar-refractivity contribution in [1.82, 2.24) is 0 Å². The Bertz CT molecular complexity index is 215. The maximum Gasteiger partial charge on any atom is 0.141 e. The lowest BCUT2D eigenvalue weighted by atomic mass is 10.4. The van der Waals surface area contributed by atoms with Gasteiger partial charge in [-0.25, -0.2) is 4.21 Å². The van der Waals surface area contributed by atoms with Crippen LogP contribution in [-0.4, -0.2) is 14.5 Å². The molecule has 0 aliphatic carbocycles. The average Bonchev–Trinajstić information content (AvgIpc) is 1.81. The molecule has 0 aromatic heterocycles. The van der Waals surface area contributed by atoms with Gasteiger partial charge in [-0.2, -0.15) is 0 Å². The highest BCUT2D eigenvalue weighted by Crippen LogP contribution is 2.06. The summed E-state index contributed by atoms with van der Waals surface area (Å²) in [5, 5.41) is 0. The molecular formula is C5H10O2S3. The van der Waals surface area contributed by atoms with Gasteiger partial charge in [-0.05, 0) is 18.2 Å². The molecule has 0 aromatic rings. The second kappa shape index (κ2) is 4.33. The normalized spacial score (nSPS) is 18.5. The molecule has 0 spiro atoms. The molecule has 0 saturated heterocycles. The molecule has 0 aliphatic rings. The van der Waals surface area contributed by atoms with Crippen molar-refractivity contribution in [3.63, 3.8) is 0 Å². The highest BCUT2D eigenvalue weighted by atomic mass is 32.8. The van der Waals surface area contributed by atoms with Crippen molar-refractivity contribution in [2.45, 2.75) is 13.3 Å². The van der Waals surface area contributed by atoms with Crippen LogP contribution in [0.25, 0.3) is 0 Å². The molecule has 0 aliphatic heterocycles. The van der Waals surface area contributed by atoms with E-state index in [1.165, 1.54) is 0 Å². The van der Waals surface area contributed by atoms with Crippen LogP contribution in [0, 0.1) is 0 Å². The van der Waals surface area contributed by atoms with Gasteiger partial charge in [-0.15, -0.1) is 12.6 Å². The van der Waals surface area contributed by atoms with E-state index in [9.17, 15) is 4.21 Å². The molecule has 10 heavy (non-hydrogen) atoms. The summed E-state index contributed by atoms with van der Waals surface area (Å²) in [5.41, 5.74) is 0. The predicted octanol–water partition coefficient (Wildman–Crippen LogP) is 1.43. The van der Waals surface area contributed by atoms with E-state index >= 15 is 0 Å². The Kier molecular flexibility index (Phi) is 4.51. The van der Waals surface area contributed by atoms with Crippen LogP contribution in [0.15, 0.2) is 11.0 Å². The van der Waals surface area contributed by atoms with Gasteiger partial charge in [-0.3, -0.25) is 0 Å². The third-order valence-electron chi connectivity index (χ3n) is 0.949. The second-order valence-electron chi connectivity index (χ2n) is 1.82. The van der Waals surface area contributed by atoms with Gasteiger partial charge in [0, 0.05) is 11.2 Å². The van der Waals surface area contributed by atoms with Gasteiger partial charge in [0.1, 0.15) is 8.77 Å². The minimum Gasteiger partial charge on any atom is -0.306 e. The lowest BCUT2D eigenvalue weighted by molar-refractivity contribution is 0.561. The average molecular weight is 198 g/mol. The Morgan fingerprint density at radius 1 is 1.90 bits per heavy atom. The minimum absolute atomic E-state index is 0.117. The molecule has 0 saturated carbocycles. The third kappa shape index (κ3) is 6.54. The summed E-state index contributed by atoms with van der Waals surface area (Å²) >= 11 is 8.29. The first-order chi connectivity index (χ1) is 4.45. The monoisotopic (exact) mass is 198 g/mol. The van der Waals surface area contributed by atoms with E-state index in [0.717, 1.165) is 4.91 Å². The fraction of sp³-hybridized carbons (Fsp3) is 0.600. The summed E-state index contributed by atoms with van der Waals surface area (Å²) in [5.74, 6) is 0.117. The quantitative estimate of drug-likeness (QED) is 0.674. The van der Waals surface area contributed by atoms with Crippen molar-refractivity contribution in [1.29, 1.82) is 0 Å². The zero-order chi connectivity index (χ0) is 8.20. The molecular weight excluding hydrogens is 188 g/mol. The molecule has 0 heterocycles. The first-order valence-corrected chi connectivity index (χ1v) is 5.80. The molecule has 1 atom stereocenters. The summed E-state index contributed by atoms with van der Waals surface area (Å²) < 4.78 is 19.2. The Morgan fingerprint density at radius 2 is 2.40 bits per heavy atom. The standard InChI is InChI=1S/C5H10O2S3/c1-2-5(8)3-4-10(6,7)9/h2,8H,3-4H2,1H3,(H,6,7,9). The summed E-state index contributed by atoms with van der Waals surface area (Å²) in [6.45, 7) is 1.82. The van der Waals surface area contributed by atoms with Gasteiger partial charge in [0.05, 0.1) is 5.75 Å². The fourth-order valence-electron chi connectivity index (χ4n) is 0.378. The van der Waals surface area contributed by atoms with Gasteiger partial charge in [-0.1, -0.05) is 6.08 Å². The van der Waals surface area contributed by atoms with Crippen molar-refractivity contribution in [2.75, 3.05) is 5.75 Å². The van der Waals surface area contributed by atoms with Crippen LogP contribution < -0.4 is 0 Å². The lowest BCUT2D eigenvalue weighted by Crippen LogP contribution is -2.01. The van der Waals surface area contributed by atoms with Gasteiger partial charge in [0.25, 0.3) is 0 Å². The Hall–Kier alpha value is 0.420. The van der Waals surface area contributed by atoms with Crippen LogP contribution in [-0.2, 0) is 20.0 Å². The molecule has 0 fully saturated rings. The topological polar surface area (TPSA) is 37.3 Å². The predicted molar refractivity (Wildman–Crippen MR) is 50.4 cm³/mol. The van der Waals surface area contributed by atoms with Crippen molar-refractivity contribution >= 4 is 32.6 Å². The van der Waals surface area contributed by atoms with E-state index < -0.39 is 8.77 Å². The highest BCUT2D eigenvalue weighted by molar-refractivity contribution is 8.29. The van der Waals surface area contributed by atoms with Crippen LogP contribution in [0.3, 0.4) is 0 Å². The number of allylic oxidation sites excluding steroid dienone is 2. The molecule has 5 heteroatoms. The van der Waals surface area contributed by atoms with Gasteiger partial charge in [0.2, 0.25) is 0 Å². The molecule has 0 bridgehead atoms.